The van der Waals surface area contributed by atoms with Gasteiger partial charge in [0.1, 0.15) is 13.2 Å². The summed E-state index contributed by atoms with van der Waals surface area (Å²) < 4.78 is 15.7. The summed E-state index contributed by atoms with van der Waals surface area (Å²) in [6.07, 6.45) is 0.123. The van der Waals surface area contributed by atoms with Gasteiger partial charge in [0.2, 0.25) is 0 Å². The Hall–Kier alpha value is -2.90. The van der Waals surface area contributed by atoms with Crippen molar-refractivity contribution in [1.29, 1.82) is 0 Å². The van der Waals surface area contributed by atoms with Crippen molar-refractivity contribution < 1.29 is 28.9 Å². The highest BCUT2D eigenvalue weighted by atomic mass is 16.5. The number of amides is 1. The van der Waals surface area contributed by atoms with Gasteiger partial charge in [-0.15, -0.1) is 0 Å². The third-order valence-corrected chi connectivity index (χ3v) is 4.66. The second-order valence-electron chi connectivity index (χ2n) is 6.66. The van der Waals surface area contributed by atoms with Crippen molar-refractivity contribution in [2.75, 3.05) is 39.6 Å². The molecule has 2 aromatic carbocycles. The molecule has 7 heteroatoms. The lowest BCUT2D eigenvalue weighted by Gasteiger charge is -2.14. The Bertz CT molecular complexity index is 792. The molecular weight excluding hydrogens is 374 g/mol. The molecule has 7 nitrogen and oxygen atoms in total. The normalized spacial score (nSPS) is 12.3. The summed E-state index contributed by atoms with van der Waals surface area (Å²) in [5, 5.41) is 11.1. The Morgan fingerprint density at radius 3 is 2.17 bits per heavy atom. The van der Waals surface area contributed by atoms with E-state index in [1.165, 1.54) is 22.3 Å². The van der Waals surface area contributed by atoms with Crippen molar-refractivity contribution in [2.24, 2.45) is 0 Å². The van der Waals surface area contributed by atoms with E-state index in [2.05, 4.69) is 29.6 Å². The Morgan fingerprint density at radius 1 is 0.897 bits per heavy atom. The summed E-state index contributed by atoms with van der Waals surface area (Å²) in [6, 6.07) is 16.4. The number of fused-ring (bicyclic) bond motifs is 3. The summed E-state index contributed by atoms with van der Waals surface area (Å²) >= 11 is 0. The van der Waals surface area contributed by atoms with Gasteiger partial charge in [0.25, 0.3) is 0 Å². The number of carbonyl (C=O) groups is 2. The first-order valence-electron chi connectivity index (χ1n) is 9.63. The monoisotopic (exact) mass is 399 g/mol. The minimum Gasteiger partial charge on any atom is -0.480 e. The molecule has 0 heterocycles. The quantitative estimate of drug-likeness (QED) is 0.564. The predicted octanol–water partition coefficient (Wildman–Crippen LogP) is 3.03. The molecule has 1 amide bonds. The van der Waals surface area contributed by atoms with Gasteiger partial charge in [-0.05, 0) is 28.7 Å². The Balaban J connectivity index is 1.35. The minimum absolute atomic E-state index is 0.0372. The number of carboxylic acids is 1. The van der Waals surface area contributed by atoms with Crippen LogP contribution in [0.15, 0.2) is 48.5 Å². The number of ether oxygens (including phenoxy) is 3. The maximum absolute atomic E-state index is 12.0. The Labute approximate surface area is 169 Å². The number of hydrogen-bond donors (Lipinski definition) is 2. The van der Waals surface area contributed by atoms with Crippen LogP contribution in [0.3, 0.4) is 0 Å². The summed E-state index contributed by atoms with van der Waals surface area (Å²) in [5.41, 5.74) is 4.74. The molecule has 0 aromatic heterocycles. The molecule has 0 spiro atoms. The molecular formula is C22H25NO6. The predicted molar refractivity (Wildman–Crippen MR) is 107 cm³/mol. The highest BCUT2D eigenvalue weighted by Crippen LogP contribution is 2.44. The van der Waals surface area contributed by atoms with E-state index in [0.717, 1.165) is 0 Å². The van der Waals surface area contributed by atoms with Gasteiger partial charge in [0.05, 0.1) is 6.61 Å². The summed E-state index contributed by atoms with van der Waals surface area (Å²) in [6.45, 7) is 1.43. The van der Waals surface area contributed by atoms with Gasteiger partial charge < -0.3 is 24.6 Å². The fourth-order valence-corrected chi connectivity index (χ4v) is 3.40. The van der Waals surface area contributed by atoms with E-state index in [9.17, 15) is 9.59 Å². The molecule has 0 saturated carbocycles. The van der Waals surface area contributed by atoms with Crippen molar-refractivity contribution in [3.63, 3.8) is 0 Å². The number of alkyl carbamates (subject to hydrolysis) is 1. The molecule has 3 rings (SSSR count). The highest BCUT2D eigenvalue weighted by Gasteiger charge is 2.28. The van der Waals surface area contributed by atoms with Crippen molar-refractivity contribution in [2.45, 2.75) is 12.3 Å². The summed E-state index contributed by atoms with van der Waals surface area (Å²) in [7, 11) is 0. The van der Waals surface area contributed by atoms with Gasteiger partial charge in [-0.3, -0.25) is 0 Å². The van der Waals surface area contributed by atoms with Gasteiger partial charge in [-0.1, -0.05) is 48.5 Å². The minimum atomic E-state index is -0.988. The second-order valence-corrected chi connectivity index (χ2v) is 6.66. The topological polar surface area (TPSA) is 94.1 Å². The number of rotatable bonds is 11. The molecule has 1 aliphatic rings. The van der Waals surface area contributed by atoms with Crippen molar-refractivity contribution >= 4 is 12.1 Å². The third kappa shape index (κ3) is 5.79. The first-order chi connectivity index (χ1) is 14.2. The van der Waals surface area contributed by atoms with Gasteiger partial charge in [0, 0.05) is 25.7 Å². The van der Waals surface area contributed by atoms with Crippen LogP contribution < -0.4 is 5.32 Å². The average Bonchev–Trinajstić information content (AvgIpc) is 3.04. The molecule has 0 bridgehead atoms. The molecule has 0 unspecified atom stereocenters. The lowest BCUT2D eigenvalue weighted by Crippen LogP contribution is -2.29. The van der Waals surface area contributed by atoms with E-state index < -0.39 is 12.1 Å². The molecule has 0 fully saturated rings. The van der Waals surface area contributed by atoms with E-state index in [4.69, 9.17) is 19.3 Å². The zero-order valence-electron chi connectivity index (χ0n) is 16.1. The summed E-state index contributed by atoms with van der Waals surface area (Å²) in [4.78, 5) is 22.3. The number of carbonyl (C=O) groups excluding carboxylic acids is 1. The van der Waals surface area contributed by atoms with Gasteiger partial charge in [-0.2, -0.15) is 0 Å². The first kappa shape index (κ1) is 20.8. The van der Waals surface area contributed by atoms with Crippen molar-refractivity contribution in [3.05, 3.63) is 59.7 Å². The number of nitrogens with one attached hydrogen (secondary N) is 1. The van der Waals surface area contributed by atoms with E-state index in [-0.39, 0.29) is 19.1 Å². The van der Waals surface area contributed by atoms with Crippen LogP contribution in [-0.4, -0.2) is 56.7 Å². The van der Waals surface area contributed by atoms with Crippen molar-refractivity contribution in [3.8, 4) is 11.1 Å². The molecule has 2 aromatic rings. The largest absolute Gasteiger partial charge is 0.480 e. The standard InChI is InChI=1S/C22H25NO6/c24-21(25)15-28-12-5-11-27-13-10-23-22(26)29-14-20-18-8-3-1-6-16(18)17-7-2-4-9-19(17)20/h1-4,6-9,20H,5,10-15H2,(H,23,26)(H,24,25). The zero-order valence-corrected chi connectivity index (χ0v) is 16.1. The first-order valence-corrected chi connectivity index (χ1v) is 9.63. The van der Waals surface area contributed by atoms with E-state index in [0.29, 0.717) is 32.8 Å². The number of benzene rings is 2. The van der Waals surface area contributed by atoms with Gasteiger partial charge in [-0.25, -0.2) is 9.59 Å². The van der Waals surface area contributed by atoms with Crippen LogP contribution >= 0.6 is 0 Å². The molecule has 2 N–H and O–H groups in total. The molecule has 1 aliphatic carbocycles. The van der Waals surface area contributed by atoms with Crippen molar-refractivity contribution in [1.82, 2.24) is 5.32 Å². The molecule has 29 heavy (non-hydrogen) atoms. The van der Waals surface area contributed by atoms with Crippen LogP contribution in [0.5, 0.6) is 0 Å². The maximum atomic E-state index is 12.0. The number of hydrogen-bond acceptors (Lipinski definition) is 5. The highest BCUT2D eigenvalue weighted by molar-refractivity contribution is 5.79. The number of carboxylic acid groups (broad SMARTS) is 1. The molecule has 0 atom stereocenters. The molecule has 0 saturated heterocycles. The summed E-state index contributed by atoms with van der Waals surface area (Å²) in [5.74, 6) is -0.951. The lowest BCUT2D eigenvalue weighted by molar-refractivity contribution is -0.142. The zero-order chi connectivity index (χ0) is 20.5. The molecule has 0 aliphatic heterocycles. The molecule has 154 valence electrons. The SMILES string of the molecule is O=C(O)COCCCOCCNC(=O)OCC1c2ccccc2-c2ccccc21. The molecule has 0 radical (unpaired) electrons. The van der Waals surface area contributed by atoms with Crippen LogP contribution in [-0.2, 0) is 19.0 Å². The van der Waals surface area contributed by atoms with Crippen LogP contribution in [0.2, 0.25) is 0 Å². The van der Waals surface area contributed by atoms with E-state index >= 15 is 0 Å². The van der Waals surface area contributed by atoms with Gasteiger partial charge >= 0.3 is 12.1 Å². The fourth-order valence-electron chi connectivity index (χ4n) is 3.40. The lowest BCUT2D eigenvalue weighted by atomic mass is 9.98. The van der Waals surface area contributed by atoms with Crippen LogP contribution in [0.4, 0.5) is 4.79 Å². The second kappa shape index (κ2) is 10.6. The van der Waals surface area contributed by atoms with Crippen LogP contribution in [0.25, 0.3) is 11.1 Å². The van der Waals surface area contributed by atoms with Gasteiger partial charge in [0.15, 0.2) is 0 Å². The van der Waals surface area contributed by atoms with Crippen LogP contribution in [0.1, 0.15) is 23.5 Å². The maximum Gasteiger partial charge on any atom is 0.407 e. The average molecular weight is 399 g/mol. The van der Waals surface area contributed by atoms with E-state index in [1.54, 1.807) is 0 Å². The third-order valence-electron chi connectivity index (χ3n) is 4.66. The fraction of sp³-hybridized carbons (Fsp3) is 0.364. The Kier molecular flexibility index (Phi) is 7.61. The van der Waals surface area contributed by atoms with E-state index in [1.807, 2.05) is 24.3 Å². The smallest absolute Gasteiger partial charge is 0.407 e. The van der Waals surface area contributed by atoms with Crippen LogP contribution in [0, 0.1) is 0 Å². The number of aliphatic carboxylic acids is 1. The Morgan fingerprint density at radius 2 is 1.52 bits per heavy atom.